The fourth-order valence-electron chi connectivity index (χ4n) is 4.56. The van der Waals surface area contributed by atoms with Crippen molar-refractivity contribution in [1.82, 2.24) is 5.32 Å². The Hall–Kier alpha value is -2.18. The molecular formula is C19H23F2NO4. The van der Waals surface area contributed by atoms with E-state index in [-0.39, 0.29) is 5.41 Å². The molecule has 7 heteroatoms. The summed E-state index contributed by atoms with van der Waals surface area (Å²) in [5.41, 5.74) is -1.15. The second-order valence-electron chi connectivity index (χ2n) is 8.72. The predicted octanol–water partition coefficient (Wildman–Crippen LogP) is 3.66. The van der Waals surface area contributed by atoms with E-state index < -0.39 is 40.8 Å². The van der Waals surface area contributed by atoms with E-state index in [0.717, 1.165) is 12.1 Å². The standard InChI is InChI=1S/C19H23F2NO4/c1-17(2,3)26-16(25)22-14(15(23)24)19-8-18(9-19,10-19)7-11-6-12(20)4-5-13(11)21/h4-6,14H,7-10H2,1-3H3,(H,22,25)(H,23,24). The van der Waals surface area contributed by atoms with Gasteiger partial charge in [0.25, 0.3) is 0 Å². The number of rotatable bonds is 5. The van der Waals surface area contributed by atoms with E-state index in [4.69, 9.17) is 4.74 Å². The smallest absolute Gasteiger partial charge is 0.408 e. The number of carboxylic acids is 1. The van der Waals surface area contributed by atoms with Crippen LogP contribution in [0.4, 0.5) is 13.6 Å². The Kier molecular flexibility index (Phi) is 4.24. The second-order valence-corrected chi connectivity index (χ2v) is 8.72. The van der Waals surface area contributed by atoms with E-state index >= 15 is 0 Å². The highest BCUT2D eigenvalue weighted by Gasteiger charge is 2.71. The zero-order valence-corrected chi connectivity index (χ0v) is 15.1. The molecule has 4 rings (SSSR count). The number of carbonyl (C=O) groups excluding carboxylic acids is 1. The average Bonchev–Trinajstić information content (AvgIpc) is 2.40. The minimum atomic E-state index is -1.11. The number of carboxylic acid groups (broad SMARTS) is 1. The molecule has 26 heavy (non-hydrogen) atoms. The van der Waals surface area contributed by atoms with Crippen LogP contribution in [0.1, 0.15) is 45.6 Å². The second kappa shape index (κ2) is 5.93. The summed E-state index contributed by atoms with van der Waals surface area (Å²) in [5, 5.41) is 12.0. The van der Waals surface area contributed by atoms with Crippen molar-refractivity contribution < 1.29 is 28.2 Å². The lowest BCUT2D eigenvalue weighted by Gasteiger charge is -2.72. The van der Waals surface area contributed by atoms with Crippen LogP contribution < -0.4 is 5.32 Å². The molecule has 0 aliphatic heterocycles. The lowest BCUT2D eigenvalue weighted by atomic mass is 9.32. The van der Waals surface area contributed by atoms with Crippen molar-refractivity contribution in [3.63, 3.8) is 0 Å². The molecule has 3 aliphatic rings. The fourth-order valence-corrected chi connectivity index (χ4v) is 4.56. The molecule has 5 nitrogen and oxygen atoms in total. The molecule has 2 bridgehead atoms. The monoisotopic (exact) mass is 367 g/mol. The van der Waals surface area contributed by atoms with Gasteiger partial charge in [-0.1, -0.05) is 0 Å². The molecule has 0 radical (unpaired) electrons. The number of nitrogens with one attached hydrogen (secondary N) is 1. The Morgan fingerprint density at radius 2 is 1.88 bits per heavy atom. The van der Waals surface area contributed by atoms with Crippen molar-refractivity contribution in [2.75, 3.05) is 0 Å². The van der Waals surface area contributed by atoms with E-state index in [1.807, 2.05) is 0 Å². The molecule has 1 aromatic carbocycles. The lowest BCUT2D eigenvalue weighted by Crippen LogP contribution is -2.72. The Morgan fingerprint density at radius 1 is 1.27 bits per heavy atom. The van der Waals surface area contributed by atoms with Gasteiger partial charge < -0.3 is 15.2 Å². The summed E-state index contributed by atoms with van der Waals surface area (Å²) < 4.78 is 32.3. The quantitative estimate of drug-likeness (QED) is 0.833. The van der Waals surface area contributed by atoms with Crippen LogP contribution in [0.3, 0.4) is 0 Å². The highest BCUT2D eigenvalue weighted by atomic mass is 19.1. The van der Waals surface area contributed by atoms with Gasteiger partial charge in [-0.2, -0.15) is 0 Å². The highest BCUT2D eigenvalue weighted by molar-refractivity contribution is 5.81. The first kappa shape index (κ1) is 18.6. The van der Waals surface area contributed by atoms with Gasteiger partial charge >= 0.3 is 12.1 Å². The van der Waals surface area contributed by atoms with Crippen molar-refractivity contribution in [3.05, 3.63) is 35.4 Å². The van der Waals surface area contributed by atoms with Gasteiger partial charge in [0, 0.05) is 5.41 Å². The fraction of sp³-hybridized carbons (Fsp3) is 0.579. The van der Waals surface area contributed by atoms with Gasteiger partial charge in [-0.3, -0.25) is 0 Å². The Labute approximate surface area is 150 Å². The van der Waals surface area contributed by atoms with Gasteiger partial charge in [-0.05, 0) is 75.6 Å². The van der Waals surface area contributed by atoms with Gasteiger partial charge in [0.05, 0.1) is 0 Å². The summed E-state index contributed by atoms with van der Waals surface area (Å²) in [6, 6.07) is 2.33. The molecule has 1 aromatic rings. The number of carbonyl (C=O) groups is 2. The van der Waals surface area contributed by atoms with Crippen molar-refractivity contribution in [3.8, 4) is 0 Å². The molecule has 3 fully saturated rings. The highest BCUT2D eigenvalue weighted by Crippen LogP contribution is 2.75. The summed E-state index contributed by atoms with van der Waals surface area (Å²) >= 11 is 0. The third-order valence-corrected chi connectivity index (χ3v) is 5.27. The van der Waals surface area contributed by atoms with Crippen molar-refractivity contribution >= 4 is 12.1 Å². The van der Waals surface area contributed by atoms with Gasteiger partial charge in [0.15, 0.2) is 0 Å². The maximum atomic E-state index is 13.9. The first-order valence-corrected chi connectivity index (χ1v) is 8.60. The summed E-state index contributed by atoms with van der Waals surface area (Å²) in [7, 11) is 0. The maximum Gasteiger partial charge on any atom is 0.408 e. The Morgan fingerprint density at radius 3 is 2.42 bits per heavy atom. The SMILES string of the molecule is CC(C)(C)OC(=O)NC(C(=O)O)C12CC(Cc3cc(F)ccc3F)(C1)C2. The molecule has 1 unspecified atom stereocenters. The molecule has 3 saturated carbocycles. The predicted molar refractivity (Wildman–Crippen MR) is 89.6 cm³/mol. The summed E-state index contributed by atoms with van der Waals surface area (Å²) in [6.45, 7) is 5.10. The molecule has 0 saturated heterocycles. The molecule has 142 valence electrons. The van der Waals surface area contributed by atoms with Crippen LogP contribution >= 0.6 is 0 Å². The summed E-state index contributed by atoms with van der Waals surface area (Å²) in [5.74, 6) is -2.05. The van der Waals surface area contributed by atoms with Crippen LogP contribution in [0.5, 0.6) is 0 Å². The Bertz CT molecular complexity index is 737. The topological polar surface area (TPSA) is 75.6 Å². The first-order valence-electron chi connectivity index (χ1n) is 8.60. The van der Waals surface area contributed by atoms with Crippen LogP contribution in [0.25, 0.3) is 0 Å². The number of hydrogen-bond donors (Lipinski definition) is 2. The molecular weight excluding hydrogens is 344 g/mol. The van der Waals surface area contributed by atoms with E-state index in [2.05, 4.69) is 5.32 Å². The zero-order valence-electron chi connectivity index (χ0n) is 15.1. The maximum absolute atomic E-state index is 13.9. The van der Waals surface area contributed by atoms with E-state index in [9.17, 15) is 23.5 Å². The van der Waals surface area contributed by atoms with Crippen molar-refractivity contribution in [1.29, 1.82) is 0 Å². The van der Waals surface area contributed by atoms with Crippen LogP contribution in [0.2, 0.25) is 0 Å². The molecule has 0 spiro atoms. The lowest BCUT2D eigenvalue weighted by molar-refractivity contribution is -0.224. The molecule has 0 aromatic heterocycles. The van der Waals surface area contributed by atoms with Crippen LogP contribution in [-0.4, -0.2) is 28.8 Å². The first-order chi connectivity index (χ1) is 11.9. The number of alkyl carbamates (subject to hydrolysis) is 1. The molecule has 2 N–H and O–H groups in total. The van der Waals surface area contributed by atoms with E-state index in [1.54, 1.807) is 20.8 Å². The number of benzene rings is 1. The Balaban J connectivity index is 1.64. The minimum Gasteiger partial charge on any atom is -0.480 e. The number of aliphatic carboxylic acids is 1. The molecule has 0 heterocycles. The van der Waals surface area contributed by atoms with Gasteiger partial charge in [-0.15, -0.1) is 0 Å². The third kappa shape index (κ3) is 3.39. The van der Waals surface area contributed by atoms with Crippen molar-refractivity contribution in [2.24, 2.45) is 10.8 Å². The normalized spacial score (nSPS) is 27.7. The molecule has 1 amide bonds. The average molecular weight is 367 g/mol. The molecule has 3 aliphatic carbocycles. The van der Waals surface area contributed by atoms with Crippen LogP contribution in [-0.2, 0) is 16.0 Å². The molecule has 1 atom stereocenters. The van der Waals surface area contributed by atoms with Crippen molar-refractivity contribution in [2.45, 2.75) is 58.1 Å². The zero-order chi connectivity index (χ0) is 19.3. The summed E-state index contributed by atoms with van der Waals surface area (Å²) in [4.78, 5) is 23.6. The number of halogens is 2. The summed E-state index contributed by atoms with van der Waals surface area (Å²) in [6.07, 6.45) is 1.28. The van der Waals surface area contributed by atoms with Gasteiger partial charge in [-0.25, -0.2) is 18.4 Å². The van der Waals surface area contributed by atoms with Gasteiger partial charge in [0.1, 0.15) is 23.3 Å². The van der Waals surface area contributed by atoms with Crippen LogP contribution in [0, 0.1) is 22.5 Å². The number of hydrogen-bond acceptors (Lipinski definition) is 3. The third-order valence-electron chi connectivity index (χ3n) is 5.27. The van der Waals surface area contributed by atoms with E-state index in [0.29, 0.717) is 31.2 Å². The number of ether oxygens (including phenoxy) is 1. The van der Waals surface area contributed by atoms with Gasteiger partial charge in [0.2, 0.25) is 0 Å². The van der Waals surface area contributed by atoms with Crippen LogP contribution in [0.15, 0.2) is 18.2 Å². The largest absolute Gasteiger partial charge is 0.480 e. The van der Waals surface area contributed by atoms with E-state index in [1.165, 1.54) is 6.07 Å². The number of amides is 1. The minimum absolute atomic E-state index is 0.210.